The van der Waals surface area contributed by atoms with E-state index in [1.54, 1.807) is 7.11 Å². The minimum Gasteiger partial charge on any atom is -0.497 e. The molecule has 3 fully saturated rings. The largest absolute Gasteiger partial charge is 0.497 e. The summed E-state index contributed by atoms with van der Waals surface area (Å²) in [6.45, 7) is 4.29. The Morgan fingerprint density at radius 3 is 2.92 bits per heavy atom. The number of carbonyl (C=O) groups is 2. The van der Waals surface area contributed by atoms with Gasteiger partial charge in [-0.3, -0.25) is 14.5 Å². The second-order valence-electron chi connectivity index (χ2n) is 7.62. The van der Waals surface area contributed by atoms with Crippen LogP contribution in [0.25, 0.3) is 0 Å². The van der Waals surface area contributed by atoms with Gasteiger partial charge in [-0.15, -0.1) is 0 Å². The smallest absolute Gasteiger partial charge is 0.225 e. The van der Waals surface area contributed by atoms with E-state index in [1.165, 1.54) is 12.8 Å². The fraction of sp³-hybridized carbons (Fsp3) is 0.600. The minimum atomic E-state index is -0.358. The molecule has 4 heterocycles. The second-order valence-corrected chi connectivity index (χ2v) is 7.62. The van der Waals surface area contributed by atoms with E-state index in [0.29, 0.717) is 5.92 Å². The fourth-order valence-corrected chi connectivity index (χ4v) is 4.95. The first-order valence-corrected chi connectivity index (χ1v) is 9.36. The van der Waals surface area contributed by atoms with Gasteiger partial charge >= 0.3 is 0 Å². The molecule has 0 spiro atoms. The maximum absolute atomic E-state index is 13.4. The predicted octanol–water partition coefficient (Wildman–Crippen LogP) is 2.81. The molecule has 1 aromatic rings. The lowest BCUT2D eigenvalue weighted by Gasteiger charge is -2.50. The zero-order valence-electron chi connectivity index (χ0n) is 15.0. The third-order valence-electron chi connectivity index (χ3n) is 6.38. The lowest BCUT2D eigenvalue weighted by atomic mass is 9.71. The molecule has 3 saturated heterocycles. The monoisotopic (exact) mass is 342 g/mol. The number of hydrogen-bond acceptors (Lipinski definition) is 4. The van der Waals surface area contributed by atoms with E-state index < -0.39 is 0 Å². The first-order valence-electron chi connectivity index (χ1n) is 9.36. The van der Waals surface area contributed by atoms with Gasteiger partial charge in [0, 0.05) is 18.7 Å². The molecule has 4 aliphatic heterocycles. The van der Waals surface area contributed by atoms with Crippen molar-refractivity contribution in [1.82, 2.24) is 4.90 Å². The van der Waals surface area contributed by atoms with Gasteiger partial charge in [0.15, 0.2) is 5.78 Å². The molecule has 2 bridgehead atoms. The molecule has 0 radical (unpaired) electrons. The Bertz CT molecular complexity index is 702. The van der Waals surface area contributed by atoms with Crippen molar-refractivity contribution < 1.29 is 14.3 Å². The number of piperidine rings is 3. The lowest BCUT2D eigenvalue weighted by molar-refractivity contribution is -0.134. The maximum Gasteiger partial charge on any atom is 0.225 e. The predicted molar refractivity (Wildman–Crippen MR) is 95.9 cm³/mol. The number of nitrogens with one attached hydrogen (secondary N) is 1. The summed E-state index contributed by atoms with van der Waals surface area (Å²) in [4.78, 5) is 27.9. The summed E-state index contributed by atoms with van der Waals surface area (Å²) in [5, 5.41) is 2.89. The summed E-state index contributed by atoms with van der Waals surface area (Å²) in [5.74, 6) is 1.89. The van der Waals surface area contributed by atoms with Crippen LogP contribution in [0.5, 0.6) is 5.75 Å². The summed E-state index contributed by atoms with van der Waals surface area (Å²) in [5.41, 5.74) is 1.65. The van der Waals surface area contributed by atoms with Gasteiger partial charge in [0.25, 0.3) is 0 Å². The number of Topliss-reactive ketones (excluding diaryl/α,β-unsaturated/α-hetero) is 1. The average Bonchev–Trinajstić information content (AvgIpc) is 2.66. The van der Waals surface area contributed by atoms with Crippen LogP contribution in [0.3, 0.4) is 0 Å². The van der Waals surface area contributed by atoms with Crippen LogP contribution in [0.2, 0.25) is 0 Å². The normalized spacial score (nSPS) is 33.5. The van der Waals surface area contributed by atoms with E-state index >= 15 is 0 Å². The van der Waals surface area contributed by atoms with Crippen molar-refractivity contribution in [1.29, 1.82) is 0 Å². The molecule has 134 valence electrons. The van der Waals surface area contributed by atoms with Crippen LogP contribution in [0.4, 0.5) is 5.69 Å². The maximum atomic E-state index is 13.4. The highest BCUT2D eigenvalue weighted by molar-refractivity contribution is 6.03. The molecule has 1 N–H and O–H groups in total. The van der Waals surface area contributed by atoms with Crippen molar-refractivity contribution in [3.8, 4) is 5.75 Å². The second kappa shape index (κ2) is 6.45. The number of amides is 1. The molecule has 1 aromatic carbocycles. The molecule has 5 nitrogen and oxygen atoms in total. The van der Waals surface area contributed by atoms with Gasteiger partial charge in [-0.1, -0.05) is 13.3 Å². The molecule has 1 amide bonds. The standard InChI is InChI=1S/C20H26N2O3/c1-3-12-11-22-7-6-13(12)8-18(22)20(24)16-10-19(23)21-17-5-4-14(25-2)9-15(16)17/h4-5,9,12-13,16,18H,3,6-8,10-11H2,1-2H3,(H,21,23)/t12-,13-,16?,18+/m0/s1. The van der Waals surface area contributed by atoms with Crippen LogP contribution < -0.4 is 10.1 Å². The van der Waals surface area contributed by atoms with E-state index in [4.69, 9.17) is 4.74 Å². The van der Waals surface area contributed by atoms with Gasteiger partial charge in [0.05, 0.1) is 19.1 Å². The first-order chi connectivity index (χ1) is 12.1. The Hall–Kier alpha value is -1.88. The molecule has 4 aliphatic rings. The third kappa shape index (κ3) is 2.84. The van der Waals surface area contributed by atoms with Gasteiger partial charge in [-0.05, 0) is 55.0 Å². The van der Waals surface area contributed by atoms with Crippen LogP contribution in [0, 0.1) is 11.8 Å². The molecular weight excluding hydrogens is 316 g/mol. The highest BCUT2D eigenvalue weighted by Gasteiger charge is 2.45. The summed E-state index contributed by atoms with van der Waals surface area (Å²) in [7, 11) is 1.62. The number of fused-ring (bicyclic) bond motifs is 4. The molecule has 2 unspecified atom stereocenters. The van der Waals surface area contributed by atoms with Crippen LogP contribution in [-0.2, 0) is 9.59 Å². The Kier molecular flexibility index (Phi) is 4.28. The number of ether oxygens (including phenoxy) is 1. The van der Waals surface area contributed by atoms with Crippen molar-refractivity contribution >= 4 is 17.4 Å². The molecule has 25 heavy (non-hydrogen) atoms. The van der Waals surface area contributed by atoms with Gasteiger partial charge < -0.3 is 10.1 Å². The van der Waals surface area contributed by atoms with E-state index in [-0.39, 0.29) is 30.1 Å². The van der Waals surface area contributed by atoms with Crippen molar-refractivity contribution in [3.63, 3.8) is 0 Å². The first kappa shape index (κ1) is 16.6. The molecular formula is C20H26N2O3. The number of ketones is 1. The van der Waals surface area contributed by atoms with E-state index in [9.17, 15) is 9.59 Å². The van der Waals surface area contributed by atoms with E-state index in [0.717, 1.165) is 42.4 Å². The van der Waals surface area contributed by atoms with Crippen LogP contribution in [-0.4, -0.2) is 42.8 Å². The number of nitrogens with zero attached hydrogens (tertiary/aromatic N) is 1. The van der Waals surface area contributed by atoms with Gasteiger partial charge in [0.2, 0.25) is 5.91 Å². The summed E-state index contributed by atoms with van der Waals surface area (Å²) in [6, 6.07) is 5.54. The number of methoxy groups -OCH3 is 1. The van der Waals surface area contributed by atoms with Crippen molar-refractivity contribution in [2.24, 2.45) is 11.8 Å². The van der Waals surface area contributed by atoms with E-state index in [1.807, 2.05) is 18.2 Å². The molecule has 0 aliphatic carbocycles. The quantitative estimate of drug-likeness (QED) is 0.914. The molecule has 5 atom stereocenters. The van der Waals surface area contributed by atoms with Crippen molar-refractivity contribution in [2.75, 3.05) is 25.5 Å². The fourth-order valence-electron chi connectivity index (χ4n) is 4.95. The Labute approximate surface area is 148 Å². The highest BCUT2D eigenvalue weighted by Crippen LogP contribution is 2.42. The third-order valence-corrected chi connectivity index (χ3v) is 6.38. The number of carbonyl (C=O) groups excluding carboxylic acids is 2. The Balaban J connectivity index is 1.62. The summed E-state index contributed by atoms with van der Waals surface area (Å²) in [6.07, 6.45) is 3.59. The van der Waals surface area contributed by atoms with Gasteiger partial charge in [-0.2, -0.15) is 0 Å². The molecule has 0 aromatic heterocycles. The highest BCUT2D eigenvalue weighted by atomic mass is 16.5. The molecule has 5 rings (SSSR count). The zero-order chi connectivity index (χ0) is 17.6. The Morgan fingerprint density at radius 1 is 1.40 bits per heavy atom. The number of benzene rings is 1. The molecule has 0 saturated carbocycles. The summed E-state index contributed by atoms with van der Waals surface area (Å²) >= 11 is 0. The average molecular weight is 342 g/mol. The number of rotatable bonds is 4. The van der Waals surface area contributed by atoms with Crippen molar-refractivity contribution in [2.45, 2.75) is 44.6 Å². The topological polar surface area (TPSA) is 58.6 Å². The lowest BCUT2D eigenvalue weighted by Crippen LogP contribution is -2.57. The van der Waals surface area contributed by atoms with Crippen LogP contribution in [0.1, 0.15) is 44.1 Å². The van der Waals surface area contributed by atoms with Gasteiger partial charge in [0.1, 0.15) is 5.75 Å². The van der Waals surface area contributed by atoms with Crippen molar-refractivity contribution in [3.05, 3.63) is 23.8 Å². The zero-order valence-corrected chi connectivity index (χ0v) is 15.0. The minimum absolute atomic E-state index is 0.0310. The SMILES string of the molecule is CC[C@H]1CN2CC[C@H]1C[C@@H]2C(=O)C1CC(=O)Nc2ccc(OC)cc21. The van der Waals surface area contributed by atoms with Crippen LogP contribution >= 0.6 is 0 Å². The van der Waals surface area contributed by atoms with Gasteiger partial charge in [-0.25, -0.2) is 0 Å². The molecule has 5 heteroatoms. The van der Waals surface area contributed by atoms with Crippen LogP contribution in [0.15, 0.2) is 18.2 Å². The Morgan fingerprint density at radius 2 is 2.24 bits per heavy atom. The number of hydrogen-bond donors (Lipinski definition) is 1. The number of anilines is 1. The summed E-state index contributed by atoms with van der Waals surface area (Å²) < 4.78 is 5.32. The van der Waals surface area contributed by atoms with E-state index in [2.05, 4.69) is 17.1 Å².